The minimum absolute atomic E-state index is 0.207. The largest absolute Gasteiger partial charge is 0.454 e. The molecule has 2 aromatic carbocycles. The Morgan fingerprint density at radius 1 is 0.969 bits per heavy atom. The number of nitrogens with zero attached hydrogens (tertiary/aromatic N) is 2. The second kappa shape index (κ2) is 8.81. The lowest BCUT2D eigenvalue weighted by atomic mass is 10.1. The number of hydrogen-bond donors (Lipinski definition) is 0. The van der Waals surface area contributed by atoms with E-state index in [1.807, 2.05) is 30.3 Å². The zero-order valence-corrected chi connectivity index (χ0v) is 18.2. The number of sulfonamides is 1. The van der Waals surface area contributed by atoms with E-state index in [1.54, 1.807) is 30.5 Å². The molecule has 2 heterocycles. The van der Waals surface area contributed by atoms with Crippen molar-refractivity contribution in [3.8, 4) is 22.8 Å². The van der Waals surface area contributed by atoms with E-state index in [9.17, 15) is 13.2 Å². The van der Waals surface area contributed by atoms with Gasteiger partial charge in [-0.3, -0.25) is 0 Å². The lowest BCUT2D eigenvalue weighted by Crippen LogP contribution is -2.21. The number of oxazole rings is 1. The van der Waals surface area contributed by atoms with Gasteiger partial charge in [-0.2, -0.15) is 0 Å². The van der Waals surface area contributed by atoms with Gasteiger partial charge in [0.1, 0.15) is 12.4 Å². The molecule has 0 atom stereocenters. The molecular weight excluding hydrogens is 432 g/mol. The van der Waals surface area contributed by atoms with Crippen molar-refractivity contribution in [3.05, 3.63) is 84.3 Å². The van der Waals surface area contributed by atoms with Gasteiger partial charge in [-0.25, -0.2) is 22.5 Å². The van der Waals surface area contributed by atoms with E-state index in [4.69, 9.17) is 13.6 Å². The molecule has 32 heavy (non-hydrogen) atoms. The van der Waals surface area contributed by atoms with E-state index >= 15 is 0 Å². The van der Waals surface area contributed by atoms with Gasteiger partial charge in [0.05, 0.1) is 17.3 Å². The van der Waals surface area contributed by atoms with Gasteiger partial charge < -0.3 is 13.6 Å². The van der Waals surface area contributed by atoms with Crippen molar-refractivity contribution >= 4 is 16.0 Å². The smallest absolute Gasteiger partial charge is 0.339 e. The fourth-order valence-corrected chi connectivity index (χ4v) is 3.76. The number of benzene rings is 2. The Bertz CT molecular complexity index is 1340. The fraction of sp³-hybridized carbons (Fsp3) is 0.130. The van der Waals surface area contributed by atoms with Crippen LogP contribution in [-0.2, 0) is 21.4 Å². The second-order valence-electron chi connectivity index (χ2n) is 7.03. The molecule has 0 saturated heterocycles. The molecule has 4 aromatic rings. The molecule has 0 aliphatic rings. The maximum Gasteiger partial charge on any atom is 0.339 e. The number of carbonyl (C=O) groups is 1. The Balaban J connectivity index is 1.52. The van der Waals surface area contributed by atoms with Crippen molar-refractivity contribution in [3.63, 3.8) is 0 Å². The Hall–Kier alpha value is -3.69. The van der Waals surface area contributed by atoms with E-state index < -0.39 is 16.0 Å². The summed E-state index contributed by atoms with van der Waals surface area (Å²) in [7, 11) is -0.898. The maximum absolute atomic E-state index is 12.7. The van der Waals surface area contributed by atoms with Gasteiger partial charge in [0, 0.05) is 19.7 Å². The van der Waals surface area contributed by atoms with Crippen LogP contribution in [0.2, 0.25) is 0 Å². The third kappa shape index (κ3) is 4.34. The second-order valence-corrected chi connectivity index (χ2v) is 9.11. The van der Waals surface area contributed by atoms with E-state index in [2.05, 4.69) is 4.98 Å². The molecule has 0 bridgehead atoms. The Labute approximate surface area is 185 Å². The summed E-state index contributed by atoms with van der Waals surface area (Å²) in [4.78, 5) is 17.0. The van der Waals surface area contributed by atoms with Crippen LogP contribution in [0.3, 0.4) is 0 Å². The number of esters is 1. The van der Waals surface area contributed by atoms with Crippen LogP contribution in [0.15, 0.2) is 86.9 Å². The Morgan fingerprint density at radius 3 is 2.44 bits per heavy atom. The molecule has 0 radical (unpaired) electrons. The summed E-state index contributed by atoms with van der Waals surface area (Å²) in [6.45, 7) is -0.225. The number of hydrogen-bond acceptors (Lipinski definition) is 7. The van der Waals surface area contributed by atoms with Crippen molar-refractivity contribution in [2.24, 2.45) is 0 Å². The molecule has 4 rings (SSSR count). The van der Waals surface area contributed by atoms with Crippen molar-refractivity contribution in [2.45, 2.75) is 11.7 Å². The predicted octanol–water partition coefficient (Wildman–Crippen LogP) is 4.21. The van der Waals surface area contributed by atoms with Gasteiger partial charge in [0.25, 0.3) is 10.0 Å². The zero-order valence-electron chi connectivity index (χ0n) is 17.4. The van der Waals surface area contributed by atoms with E-state index in [0.29, 0.717) is 11.3 Å². The third-order valence-electron chi connectivity index (χ3n) is 4.66. The molecule has 0 N–H and O–H groups in total. The fourth-order valence-electron chi connectivity index (χ4n) is 2.95. The van der Waals surface area contributed by atoms with E-state index in [0.717, 1.165) is 9.87 Å². The molecule has 0 spiro atoms. The zero-order chi connectivity index (χ0) is 22.7. The van der Waals surface area contributed by atoms with Gasteiger partial charge in [-0.05, 0) is 24.3 Å². The summed E-state index contributed by atoms with van der Waals surface area (Å²) in [6.07, 6.45) is 1.60. The average Bonchev–Trinajstić information content (AvgIpc) is 3.48. The maximum atomic E-state index is 12.7. The van der Waals surface area contributed by atoms with Crippen molar-refractivity contribution in [2.75, 3.05) is 14.1 Å². The van der Waals surface area contributed by atoms with Crippen LogP contribution in [0.25, 0.3) is 22.8 Å². The van der Waals surface area contributed by atoms with Gasteiger partial charge in [-0.15, -0.1) is 0 Å². The summed E-state index contributed by atoms with van der Waals surface area (Å²) in [5.74, 6) is 0.454. The first-order chi connectivity index (χ1) is 15.4. The molecule has 0 saturated carbocycles. The van der Waals surface area contributed by atoms with Crippen LogP contribution < -0.4 is 0 Å². The highest BCUT2D eigenvalue weighted by Gasteiger charge is 2.23. The van der Waals surface area contributed by atoms with Crippen molar-refractivity contribution in [1.29, 1.82) is 0 Å². The summed E-state index contributed by atoms with van der Waals surface area (Å²) in [5, 5.41) is -0.220. The van der Waals surface area contributed by atoms with E-state index in [-0.39, 0.29) is 28.9 Å². The topological polar surface area (TPSA) is 103 Å². The molecule has 0 aliphatic carbocycles. The molecule has 0 unspecified atom stereocenters. The van der Waals surface area contributed by atoms with Crippen LogP contribution in [0.5, 0.6) is 0 Å². The number of carbonyl (C=O) groups excluding carboxylic acids is 1. The van der Waals surface area contributed by atoms with Crippen LogP contribution in [-0.4, -0.2) is 37.8 Å². The highest BCUT2D eigenvalue weighted by atomic mass is 32.2. The number of ether oxygens (including phenoxy) is 1. The molecule has 8 nitrogen and oxygen atoms in total. The first kappa shape index (κ1) is 21.5. The van der Waals surface area contributed by atoms with Crippen molar-refractivity contribution in [1.82, 2.24) is 9.29 Å². The first-order valence-corrected chi connectivity index (χ1v) is 11.1. The van der Waals surface area contributed by atoms with Gasteiger partial charge >= 0.3 is 5.97 Å². The highest BCUT2D eigenvalue weighted by molar-refractivity contribution is 7.88. The summed E-state index contributed by atoms with van der Waals surface area (Å²) < 4.78 is 41.8. The minimum atomic E-state index is -3.70. The average molecular weight is 452 g/mol. The minimum Gasteiger partial charge on any atom is -0.454 e. The van der Waals surface area contributed by atoms with Crippen LogP contribution >= 0.6 is 0 Å². The number of furan rings is 1. The molecule has 0 fully saturated rings. The molecule has 2 aromatic heterocycles. The van der Waals surface area contributed by atoms with Gasteiger partial charge in [0.2, 0.25) is 11.0 Å². The molecule has 9 heteroatoms. The van der Waals surface area contributed by atoms with Crippen LogP contribution in [0.1, 0.15) is 16.1 Å². The van der Waals surface area contributed by atoms with Crippen LogP contribution in [0.4, 0.5) is 0 Å². The van der Waals surface area contributed by atoms with Crippen molar-refractivity contribution < 1.29 is 26.8 Å². The standard InChI is InChI=1S/C23H20N2O6S/c1-25(2)32(27,28)21-13-12-17(30-21)15-29-23(26)19-11-7-6-10-18(19)22-24-14-20(31-22)16-8-4-3-5-9-16/h3-14H,15H2,1-2H3. The number of rotatable bonds is 7. The monoisotopic (exact) mass is 452 g/mol. The summed E-state index contributed by atoms with van der Waals surface area (Å²) >= 11 is 0. The van der Waals surface area contributed by atoms with Gasteiger partial charge in [0.15, 0.2) is 5.76 Å². The Kier molecular flexibility index (Phi) is 5.93. The normalized spacial score (nSPS) is 11.6. The van der Waals surface area contributed by atoms with E-state index in [1.165, 1.54) is 26.2 Å². The highest BCUT2D eigenvalue weighted by Crippen LogP contribution is 2.28. The van der Waals surface area contributed by atoms with Gasteiger partial charge in [-0.1, -0.05) is 42.5 Å². The molecule has 0 amide bonds. The molecule has 164 valence electrons. The molecular formula is C23H20N2O6S. The predicted molar refractivity (Wildman–Crippen MR) is 116 cm³/mol. The quantitative estimate of drug-likeness (QED) is 0.387. The first-order valence-electron chi connectivity index (χ1n) is 9.65. The Morgan fingerprint density at radius 2 is 1.69 bits per heavy atom. The SMILES string of the molecule is CN(C)S(=O)(=O)c1ccc(COC(=O)c2ccccc2-c2ncc(-c3ccccc3)o2)o1. The van der Waals surface area contributed by atoms with Crippen LogP contribution in [0, 0.1) is 0 Å². The molecule has 0 aliphatic heterocycles. The lowest BCUT2D eigenvalue weighted by molar-refractivity contribution is 0.0441. The third-order valence-corrected chi connectivity index (χ3v) is 6.35. The summed E-state index contributed by atoms with van der Waals surface area (Å²) in [6, 6.07) is 19.1. The summed E-state index contributed by atoms with van der Waals surface area (Å²) in [5.41, 5.74) is 1.62. The number of aromatic nitrogens is 1. The lowest BCUT2D eigenvalue weighted by Gasteiger charge is -2.08.